The highest BCUT2D eigenvalue weighted by molar-refractivity contribution is 5.82. The molecule has 7 heteroatoms. The van der Waals surface area contributed by atoms with E-state index in [9.17, 15) is 14.4 Å². The van der Waals surface area contributed by atoms with Crippen molar-refractivity contribution in [2.75, 3.05) is 13.2 Å². The molecule has 7 nitrogen and oxygen atoms in total. The van der Waals surface area contributed by atoms with Crippen LogP contribution in [0, 0.1) is 0 Å². The second-order valence-corrected chi connectivity index (χ2v) is 8.82. The predicted octanol–water partition coefficient (Wildman–Crippen LogP) is 4.56. The molecule has 0 aliphatic carbocycles. The summed E-state index contributed by atoms with van der Waals surface area (Å²) in [5.74, 6) is -1.18. The van der Waals surface area contributed by atoms with Crippen LogP contribution in [0.4, 0.5) is 4.79 Å². The van der Waals surface area contributed by atoms with E-state index in [1.807, 2.05) is 60.7 Å². The van der Waals surface area contributed by atoms with Gasteiger partial charge in [-0.1, -0.05) is 84.9 Å². The zero-order valence-electron chi connectivity index (χ0n) is 20.1. The number of carbonyl (C=O) groups excluding carboxylic acids is 3. The van der Waals surface area contributed by atoms with Gasteiger partial charge in [-0.15, -0.1) is 0 Å². The van der Waals surface area contributed by atoms with Crippen LogP contribution in [0.2, 0.25) is 0 Å². The number of hydrogen-bond acceptors (Lipinski definition) is 5. The van der Waals surface area contributed by atoms with Crippen LogP contribution < -0.4 is 5.48 Å². The quantitative estimate of drug-likeness (QED) is 0.335. The molecule has 0 bridgehead atoms. The number of aryl methyl sites for hydroxylation is 2. The summed E-state index contributed by atoms with van der Waals surface area (Å²) in [6, 6.07) is 27.3. The standard InChI is InChI=1S/C29H30N2O5/c32-27(19-24-17-15-23(16-18-24)12-8-7-11-22-9-3-1-4-10-22)30-36-28(33)20-31-26(21-35-29(31)34)25-13-5-2-6-14-25/h1-6,9-10,13-18,26H,7-8,11-12,19-21H2,(H,30,32)/t26-/m1/s1. The Bertz CT molecular complexity index is 1150. The van der Waals surface area contributed by atoms with Gasteiger partial charge in [0.1, 0.15) is 13.2 Å². The van der Waals surface area contributed by atoms with E-state index in [0.29, 0.717) is 0 Å². The molecule has 1 atom stereocenters. The molecule has 36 heavy (non-hydrogen) atoms. The lowest BCUT2D eigenvalue weighted by Gasteiger charge is -2.20. The molecule has 3 aromatic carbocycles. The molecule has 0 spiro atoms. The van der Waals surface area contributed by atoms with Crippen molar-refractivity contribution >= 4 is 18.0 Å². The average molecular weight is 487 g/mol. The number of nitrogens with one attached hydrogen (secondary N) is 1. The third-order valence-corrected chi connectivity index (χ3v) is 6.15. The number of nitrogens with zero attached hydrogens (tertiary/aromatic N) is 1. The number of carbonyl (C=O) groups is 3. The van der Waals surface area contributed by atoms with E-state index in [1.54, 1.807) is 0 Å². The lowest BCUT2D eigenvalue weighted by molar-refractivity contribution is -0.158. The molecule has 4 rings (SSSR count). The topological polar surface area (TPSA) is 84.9 Å². The predicted molar refractivity (Wildman–Crippen MR) is 135 cm³/mol. The smallest absolute Gasteiger partial charge is 0.411 e. The molecule has 1 fully saturated rings. The van der Waals surface area contributed by atoms with Crippen LogP contribution in [0.1, 0.15) is 41.1 Å². The molecule has 3 aromatic rings. The highest BCUT2D eigenvalue weighted by atomic mass is 16.7. The summed E-state index contributed by atoms with van der Waals surface area (Å²) in [6.07, 6.45) is 3.78. The summed E-state index contributed by atoms with van der Waals surface area (Å²) < 4.78 is 5.09. The van der Waals surface area contributed by atoms with Crippen molar-refractivity contribution in [2.45, 2.75) is 38.1 Å². The molecule has 0 unspecified atom stereocenters. The van der Waals surface area contributed by atoms with Gasteiger partial charge in [-0.25, -0.2) is 9.59 Å². The SMILES string of the molecule is O=C(Cc1ccc(CCCCc2ccccc2)cc1)NOC(=O)CN1C(=O)OC[C@@H]1c1ccccc1. The lowest BCUT2D eigenvalue weighted by Crippen LogP contribution is -2.37. The number of rotatable bonds is 10. The van der Waals surface area contributed by atoms with Gasteiger partial charge in [-0.05, 0) is 47.9 Å². The molecule has 0 aromatic heterocycles. The largest absolute Gasteiger partial charge is 0.447 e. The third kappa shape index (κ3) is 7.18. The maximum Gasteiger partial charge on any atom is 0.411 e. The lowest BCUT2D eigenvalue weighted by atomic mass is 10.0. The van der Waals surface area contributed by atoms with Crippen molar-refractivity contribution in [3.63, 3.8) is 0 Å². The number of benzene rings is 3. The zero-order chi connectivity index (χ0) is 25.2. The Labute approximate surface area is 211 Å². The summed E-state index contributed by atoms with van der Waals surface area (Å²) in [5.41, 5.74) is 6.45. The van der Waals surface area contributed by atoms with Gasteiger partial charge >= 0.3 is 12.1 Å². The van der Waals surface area contributed by atoms with E-state index < -0.39 is 18.0 Å². The molecule has 0 radical (unpaired) electrons. The maximum atomic E-state index is 12.3. The van der Waals surface area contributed by atoms with Crippen molar-refractivity contribution in [1.29, 1.82) is 0 Å². The van der Waals surface area contributed by atoms with Crippen molar-refractivity contribution < 1.29 is 24.0 Å². The second kappa shape index (κ2) is 12.5. The number of hydrogen-bond donors (Lipinski definition) is 1. The van der Waals surface area contributed by atoms with Crippen molar-refractivity contribution in [3.8, 4) is 0 Å². The first kappa shape index (κ1) is 25.0. The summed E-state index contributed by atoms with van der Waals surface area (Å²) in [6.45, 7) is -0.164. The van der Waals surface area contributed by atoms with Crippen LogP contribution in [-0.2, 0) is 38.4 Å². The summed E-state index contributed by atoms with van der Waals surface area (Å²) in [4.78, 5) is 42.8. The maximum absolute atomic E-state index is 12.3. The fourth-order valence-corrected chi connectivity index (χ4v) is 4.21. The van der Waals surface area contributed by atoms with E-state index >= 15 is 0 Å². The van der Waals surface area contributed by atoms with Gasteiger partial charge in [0, 0.05) is 0 Å². The summed E-state index contributed by atoms with van der Waals surface area (Å²) >= 11 is 0. The molecule has 1 aliphatic heterocycles. The Morgan fingerprint density at radius 2 is 1.42 bits per heavy atom. The Hall–Kier alpha value is -4.13. The van der Waals surface area contributed by atoms with Gasteiger partial charge < -0.3 is 9.57 Å². The minimum Gasteiger partial charge on any atom is -0.447 e. The number of unbranched alkanes of at least 4 members (excludes halogenated alkanes) is 1. The van der Waals surface area contributed by atoms with Gasteiger partial charge in [0.2, 0.25) is 0 Å². The number of amides is 2. The molecule has 0 saturated carbocycles. The molecule has 186 valence electrons. The molecule has 2 amide bonds. The van der Waals surface area contributed by atoms with Crippen LogP contribution in [0.25, 0.3) is 0 Å². The Kier molecular flexibility index (Phi) is 8.70. The molecule has 1 saturated heterocycles. The Morgan fingerprint density at radius 3 is 2.08 bits per heavy atom. The van der Waals surface area contributed by atoms with Gasteiger partial charge in [0.25, 0.3) is 5.91 Å². The fourth-order valence-electron chi connectivity index (χ4n) is 4.21. The number of hydroxylamine groups is 1. The summed E-state index contributed by atoms with van der Waals surface area (Å²) in [5, 5.41) is 0. The molecular formula is C29H30N2O5. The average Bonchev–Trinajstić information content (AvgIpc) is 3.27. The molecular weight excluding hydrogens is 456 g/mol. The number of cyclic esters (lactones) is 1. The van der Waals surface area contributed by atoms with Gasteiger partial charge in [-0.3, -0.25) is 9.69 Å². The van der Waals surface area contributed by atoms with Gasteiger partial charge in [0.05, 0.1) is 12.5 Å². The zero-order valence-corrected chi connectivity index (χ0v) is 20.1. The molecule has 1 N–H and O–H groups in total. The molecule has 1 heterocycles. The second-order valence-electron chi connectivity index (χ2n) is 8.82. The molecule has 1 aliphatic rings. The van der Waals surface area contributed by atoms with Gasteiger partial charge in [-0.2, -0.15) is 5.48 Å². The first-order valence-corrected chi connectivity index (χ1v) is 12.2. The third-order valence-electron chi connectivity index (χ3n) is 6.15. The van der Waals surface area contributed by atoms with E-state index in [4.69, 9.17) is 9.57 Å². The van der Waals surface area contributed by atoms with Crippen LogP contribution in [0.3, 0.4) is 0 Å². The van der Waals surface area contributed by atoms with Crippen molar-refractivity contribution in [2.24, 2.45) is 0 Å². The highest BCUT2D eigenvalue weighted by Crippen LogP contribution is 2.27. The first-order valence-electron chi connectivity index (χ1n) is 12.2. The van der Waals surface area contributed by atoms with Crippen molar-refractivity contribution in [3.05, 3.63) is 107 Å². The van der Waals surface area contributed by atoms with E-state index in [-0.39, 0.29) is 25.6 Å². The summed E-state index contributed by atoms with van der Waals surface area (Å²) in [7, 11) is 0. The van der Waals surface area contributed by atoms with Crippen LogP contribution >= 0.6 is 0 Å². The van der Waals surface area contributed by atoms with Crippen LogP contribution in [-0.4, -0.2) is 36.0 Å². The van der Waals surface area contributed by atoms with Crippen molar-refractivity contribution in [1.82, 2.24) is 10.4 Å². The van der Waals surface area contributed by atoms with Crippen LogP contribution in [0.15, 0.2) is 84.9 Å². The fraction of sp³-hybridized carbons (Fsp3) is 0.276. The Balaban J connectivity index is 1.17. The van der Waals surface area contributed by atoms with Crippen LogP contribution in [0.5, 0.6) is 0 Å². The Morgan fingerprint density at radius 1 is 0.833 bits per heavy atom. The van der Waals surface area contributed by atoms with Gasteiger partial charge in [0.15, 0.2) is 0 Å². The first-order chi connectivity index (χ1) is 17.6. The minimum atomic E-state index is -0.742. The van der Waals surface area contributed by atoms with E-state index in [1.165, 1.54) is 16.0 Å². The normalized spacial score (nSPS) is 14.8. The number of ether oxygens (including phenoxy) is 1. The van der Waals surface area contributed by atoms with E-state index in [2.05, 4.69) is 29.7 Å². The highest BCUT2D eigenvalue weighted by Gasteiger charge is 2.35. The minimum absolute atomic E-state index is 0.0833. The van der Waals surface area contributed by atoms with E-state index in [0.717, 1.165) is 36.8 Å². The monoisotopic (exact) mass is 486 g/mol.